The van der Waals surface area contributed by atoms with Crippen LogP contribution in [0.5, 0.6) is 0 Å². The van der Waals surface area contributed by atoms with Gasteiger partial charge in [0, 0.05) is 13.0 Å². The van der Waals surface area contributed by atoms with Crippen LogP contribution in [-0.4, -0.2) is 57.9 Å². The third-order valence-electron chi connectivity index (χ3n) is 4.12. The van der Waals surface area contributed by atoms with Crippen LogP contribution in [0.1, 0.15) is 37.7 Å². The Labute approximate surface area is 168 Å². The molecule has 0 unspecified atom stereocenters. The Bertz CT molecular complexity index is 682. The highest BCUT2D eigenvalue weighted by molar-refractivity contribution is 5.86. The van der Waals surface area contributed by atoms with Crippen LogP contribution in [-0.2, 0) is 20.9 Å². The molecule has 0 saturated heterocycles. The average molecular weight is 409 g/mol. The molecular formula is C19H27N3O7. The maximum absolute atomic E-state index is 11.9. The van der Waals surface area contributed by atoms with Crippen LogP contribution in [0.2, 0.25) is 0 Å². The molecule has 10 heteroatoms. The Balaban J connectivity index is 2.33. The number of carbonyl (C=O) groups is 4. The van der Waals surface area contributed by atoms with Crippen molar-refractivity contribution >= 4 is 23.9 Å². The van der Waals surface area contributed by atoms with Crippen molar-refractivity contribution in [1.82, 2.24) is 16.0 Å². The number of carbonyl (C=O) groups excluding carboxylic acids is 1. The van der Waals surface area contributed by atoms with Gasteiger partial charge in [0.1, 0.15) is 12.1 Å². The second kappa shape index (κ2) is 13.1. The van der Waals surface area contributed by atoms with Crippen molar-refractivity contribution in [2.45, 2.75) is 50.7 Å². The summed E-state index contributed by atoms with van der Waals surface area (Å²) >= 11 is 0. The molecule has 0 radical (unpaired) electrons. The Hall–Kier alpha value is -3.14. The van der Waals surface area contributed by atoms with Gasteiger partial charge in [0.25, 0.3) is 0 Å². The van der Waals surface area contributed by atoms with E-state index in [2.05, 4.69) is 16.0 Å². The van der Waals surface area contributed by atoms with E-state index in [1.54, 1.807) is 0 Å². The minimum Gasteiger partial charge on any atom is -0.481 e. The summed E-state index contributed by atoms with van der Waals surface area (Å²) in [5.41, 5.74) is 1.14. The van der Waals surface area contributed by atoms with Crippen molar-refractivity contribution < 1.29 is 34.5 Å². The van der Waals surface area contributed by atoms with Gasteiger partial charge >= 0.3 is 23.9 Å². The topological polar surface area (TPSA) is 165 Å². The standard InChI is InChI=1S/C19H27N3O7/c23-16(24)10-9-15(18(27)28)22-19(29)21-14(17(25)26)8-4-5-11-20-12-13-6-2-1-3-7-13/h1-3,6-7,14-15,20H,4-5,8-12H2,(H,23,24)(H,25,26)(H,27,28)(H2,21,22,29)/t14-,15+/m1/s1. The number of carboxylic acid groups (broad SMARTS) is 3. The second-order valence-electron chi connectivity index (χ2n) is 6.49. The highest BCUT2D eigenvalue weighted by atomic mass is 16.4. The van der Waals surface area contributed by atoms with Crippen molar-refractivity contribution in [2.24, 2.45) is 0 Å². The number of hydrogen-bond donors (Lipinski definition) is 6. The fraction of sp³-hybridized carbons (Fsp3) is 0.474. The zero-order chi connectivity index (χ0) is 21.6. The highest BCUT2D eigenvalue weighted by Gasteiger charge is 2.24. The van der Waals surface area contributed by atoms with Crippen LogP contribution >= 0.6 is 0 Å². The van der Waals surface area contributed by atoms with Crippen LogP contribution in [0.25, 0.3) is 0 Å². The van der Waals surface area contributed by atoms with E-state index in [9.17, 15) is 24.3 Å². The number of rotatable bonds is 14. The lowest BCUT2D eigenvalue weighted by molar-refractivity contribution is -0.140. The summed E-state index contributed by atoms with van der Waals surface area (Å²) in [6.45, 7) is 1.39. The minimum atomic E-state index is -1.41. The smallest absolute Gasteiger partial charge is 0.326 e. The lowest BCUT2D eigenvalue weighted by atomic mass is 10.1. The van der Waals surface area contributed by atoms with Gasteiger partial charge in [-0.2, -0.15) is 0 Å². The average Bonchev–Trinajstić information content (AvgIpc) is 2.67. The first-order valence-electron chi connectivity index (χ1n) is 9.28. The summed E-state index contributed by atoms with van der Waals surface area (Å²) < 4.78 is 0. The molecule has 0 aliphatic rings. The van der Waals surface area contributed by atoms with Gasteiger partial charge in [0.15, 0.2) is 0 Å². The fourth-order valence-corrected chi connectivity index (χ4v) is 2.57. The second-order valence-corrected chi connectivity index (χ2v) is 6.49. The summed E-state index contributed by atoms with van der Waals surface area (Å²) in [5, 5.41) is 34.5. The summed E-state index contributed by atoms with van der Waals surface area (Å²) in [4.78, 5) is 44.9. The van der Waals surface area contributed by atoms with Crippen molar-refractivity contribution in [3.8, 4) is 0 Å². The molecule has 1 aromatic rings. The van der Waals surface area contributed by atoms with Gasteiger partial charge in [-0.25, -0.2) is 14.4 Å². The molecule has 0 aliphatic carbocycles. The van der Waals surface area contributed by atoms with E-state index in [-0.39, 0.29) is 12.8 Å². The first-order valence-corrected chi connectivity index (χ1v) is 9.28. The molecule has 0 aromatic heterocycles. The van der Waals surface area contributed by atoms with Gasteiger partial charge in [-0.15, -0.1) is 0 Å². The first-order chi connectivity index (χ1) is 13.8. The normalized spacial score (nSPS) is 12.6. The zero-order valence-corrected chi connectivity index (χ0v) is 16.0. The number of nitrogens with one attached hydrogen (secondary N) is 3. The van der Waals surface area contributed by atoms with Gasteiger partial charge in [-0.3, -0.25) is 4.79 Å². The fourth-order valence-electron chi connectivity index (χ4n) is 2.57. The summed E-state index contributed by atoms with van der Waals surface area (Å²) in [6.07, 6.45) is 0.692. The lowest BCUT2D eigenvalue weighted by Gasteiger charge is -2.18. The molecule has 0 fully saturated rings. The monoisotopic (exact) mass is 409 g/mol. The molecule has 6 N–H and O–H groups in total. The Kier molecular flexibility index (Phi) is 10.8. The third-order valence-corrected chi connectivity index (χ3v) is 4.12. The van der Waals surface area contributed by atoms with Crippen LogP contribution in [0.4, 0.5) is 4.79 Å². The molecule has 1 rings (SSSR count). The molecule has 2 amide bonds. The maximum atomic E-state index is 11.9. The lowest BCUT2D eigenvalue weighted by Crippen LogP contribution is -2.51. The minimum absolute atomic E-state index is 0.183. The van der Waals surface area contributed by atoms with E-state index in [4.69, 9.17) is 10.2 Å². The van der Waals surface area contributed by atoms with Gasteiger partial charge < -0.3 is 31.3 Å². The molecule has 0 heterocycles. The van der Waals surface area contributed by atoms with Crippen LogP contribution in [0.15, 0.2) is 30.3 Å². The predicted octanol–water partition coefficient (Wildman–Crippen LogP) is 1.02. The molecule has 0 aliphatic heterocycles. The Morgan fingerprint density at radius 1 is 0.828 bits per heavy atom. The van der Waals surface area contributed by atoms with Gasteiger partial charge in [-0.1, -0.05) is 30.3 Å². The maximum Gasteiger partial charge on any atom is 0.326 e. The largest absolute Gasteiger partial charge is 0.481 e. The molecule has 1 aromatic carbocycles. The van der Waals surface area contributed by atoms with Gasteiger partial charge in [-0.05, 0) is 37.8 Å². The molecule has 0 bridgehead atoms. The van der Waals surface area contributed by atoms with E-state index in [0.717, 1.165) is 5.56 Å². The molecular weight excluding hydrogens is 382 g/mol. The summed E-state index contributed by atoms with van der Waals surface area (Å²) in [5.74, 6) is -3.81. The van der Waals surface area contributed by atoms with E-state index < -0.39 is 42.4 Å². The SMILES string of the molecule is O=C(O)CC[C@H](NC(=O)N[C@H](CCCCNCc1ccccc1)C(=O)O)C(=O)O. The van der Waals surface area contributed by atoms with E-state index in [0.29, 0.717) is 25.9 Å². The number of urea groups is 1. The van der Waals surface area contributed by atoms with E-state index in [1.807, 2.05) is 30.3 Å². The van der Waals surface area contributed by atoms with Crippen LogP contribution < -0.4 is 16.0 Å². The number of aliphatic carboxylic acids is 3. The van der Waals surface area contributed by atoms with Crippen LogP contribution in [0, 0.1) is 0 Å². The quantitative estimate of drug-likeness (QED) is 0.248. The number of hydrogen-bond acceptors (Lipinski definition) is 5. The summed E-state index contributed by atoms with van der Waals surface area (Å²) in [6, 6.07) is 6.28. The molecule has 10 nitrogen and oxygen atoms in total. The van der Waals surface area contributed by atoms with E-state index in [1.165, 1.54) is 0 Å². The number of unbranched alkanes of at least 4 members (excludes halogenated alkanes) is 1. The van der Waals surface area contributed by atoms with Crippen molar-refractivity contribution in [3.63, 3.8) is 0 Å². The molecule has 160 valence electrons. The van der Waals surface area contributed by atoms with E-state index >= 15 is 0 Å². The van der Waals surface area contributed by atoms with Gasteiger partial charge in [0.2, 0.25) is 0 Å². The van der Waals surface area contributed by atoms with Crippen molar-refractivity contribution in [1.29, 1.82) is 0 Å². The first kappa shape index (κ1) is 23.9. The highest BCUT2D eigenvalue weighted by Crippen LogP contribution is 2.03. The van der Waals surface area contributed by atoms with Crippen LogP contribution in [0.3, 0.4) is 0 Å². The Morgan fingerprint density at radius 3 is 1.97 bits per heavy atom. The van der Waals surface area contributed by atoms with Crippen molar-refractivity contribution in [3.05, 3.63) is 35.9 Å². The van der Waals surface area contributed by atoms with Gasteiger partial charge in [0.05, 0.1) is 0 Å². The third kappa shape index (κ3) is 10.7. The predicted molar refractivity (Wildman–Crippen MR) is 103 cm³/mol. The molecule has 0 saturated carbocycles. The zero-order valence-electron chi connectivity index (χ0n) is 16.0. The molecule has 2 atom stereocenters. The molecule has 29 heavy (non-hydrogen) atoms. The summed E-state index contributed by atoms with van der Waals surface area (Å²) in [7, 11) is 0. The Morgan fingerprint density at radius 2 is 1.41 bits per heavy atom. The van der Waals surface area contributed by atoms with Crippen molar-refractivity contribution in [2.75, 3.05) is 6.54 Å². The molecule has 0 spiro atoms. The number of carboxylic acids is 3. The number of benzene rings is 1. The number of amides is 2.